The first kappa shape index (κ1) is 14.2. The minimum absolute atomic E-state index is 0.304. The summed E-state index contributed by atoms with van der Waals surface area (Å²) in [5.41, 5.74) is 0.304. The number of likely N-dealkylation sites (tertiary alicyclic amines) is 1. The lowest BCUT2D eigenvalue weighted by atomic mass is 9.94. The maximum absolute atomic E-state index is 4.98. The average molecular weight is 269 g/mol. The van der Waals surface area contributed by atoms with Gasteiger partial charge in [-0.2, -0.15) is 0 Å². The van der Waals surface area contributed by atoms with Crippen molar-refractivity contribution in [2.45, 2.75) is 51.6 Å². The Kier molecular flexibility index (Phi) is 4.59. The number of aliphatic imine (C=N–C) groups is 1. The smallest absolute Gasteiger partial charge is 0.157 e. The highest BCUT2D eigenvalue weighted by Crippen LogP contribution is 2.30. The average Bonchev–Trinajstić information content (AvgIpc) is 2.77. The van der Waals surface area contributed by atoms with Crippen LogP contribution in [0.25, 0.3) is 0 Å². The summed E-state index contributed by atoms with van der Waals surface area (Å²) in [6, 6.07) is 0.515. The predicted octanol–water partition coefficient (Wildman–Crippen LogP) is 2.58. The van der Waals surface area contributed by atoms with Crippen LogP contribution in [0.5, 0.6) is 0 Å². The van der Waals surface area contributed by atoms with E-state index in [4.69, 9.17) is 4.99 Å². The molecule has 3 nitrogen and oxygen atoms in total. The first-order chi connectivity index (χ1) is 8.58. The molecule has 0 aromatic rings. The normalized spacial score (nSPS) is 34.8. The van der Waals surface area contributed by atoms with Gasteiger partial charge in [-0.1, -0.05) is 32.5 Å². The summed E-state index contributed by atoms with van der Waals surface area (Å²) in [5, 5.41) is 4.88. The Morgan fingerprint density at radius 3 is 2.72 bits per heavy atom. The van der Waals surface area contributed by atoms with Crippen molar-refractivity contribution >= 4 is 16.9 Å². The van der Waals surface area contributed by atoms with E-state index in [-0.39, 0.29) is 0 Å². The number of piperidine rings is 1. The van der Waals surface area contributed by atoms with Gasteiger partial charge in [-0.25, -0.2) is 0 Å². The lowest BCUT2D eigenvalue weighted by Crippen LogP contribution is -2.43. The van der Waals surface area contributed by atoms with Crippen molar-refractivity contribution in [3.8, 4) is 0 Å². The molecule has 2 aliphatic heterocycles. The van der Waals surface area contributed by atoms with Crippen LogP contribution in [0.15, 0.2) is 4.99 Å². The highest BCUT2D eigenvalue weighted by Gasteiger charge is 2.34. The minimum atomic E-state index is 0.304. The van der Waals surface area contributed by atoms with Crippen molar-refractivity contribution in [3.63, 3.8) is 0 Å². The maximum Gasteiger partial charge on any atom is 0.157 e. The largest absolute Gasteiger partial charge is 0.359 e. The standard InChI is InChI=1S/C14H27N3S/c1-5-14(6-2)10-18-13(16-14)15-12-7-8-17(4)9-11(12)3/h11-12H,5-10H2,1-4H3,(H,15,16). The van der Waals surface area contributed by atoms with Gasteiger partial charge in [-0.05, 0) is 38.8 Å². The molecule has 0 spiro atoms. The molecule has 0 aromatic heterocycles. The van der Waals surface area contributed by atoms with Gasteiger partial charge in [-0.3, -0.25) is 4.99 Å². The maximum atomic E-state index is 4.98. The van der Waals surface area contributed by atoms with E-state index in [9.17, 15) is 0 Å². The van der Waals surface area contributed by atoms with Gasteiger partial charge in [0.1, 0.15) is 0 Å². The second-order valence-electron chi connectivity index (χ2n) is 5.93. The molecule has 0 aliphatic carbocycles. The van der Waals surface area contributed by atoms with Crippen molar-refractivity contribution in [2.24, 2.45) is 10.9 Å². The Labute approximate surface area is 116 Å². The van der Waals surface area contributed by atoms with Gasteiger partial charge in [0.15, 0.2) is 5.17 Å². The van der Waals surface area contributed by atoms with Crippen molar-refractivity contribution in [1.82, 2.24) is 10.2 Å². The molecule has 2 atom stereocenters. The summed E-state index contributed by atoms with van der Waals surface area (Å²) < 4.78 is 0. The first-order valence-corrected chi connectivity index (χ1v) is 8.24. The van der Waals surface area contributed by atoms with E-state index in [0.29, 0.717) is 17.5 Å². The third-order valence-corrected chi connectivity index (χ3v) is 5.73. The minimum Gasteiger partial charge on any atom is -0.359 e. The van der Waals surface area contributed by atoms with Crippen LogP contribution >= 0.6 is 11.8 Å². The summed E-state index contributed by atoms with van der Waals surface area (Å²) in [5.74, 6) is 1.86. The van der Waals surface area contributed by atoms with Gasteiger partial charge in [0.25, 0.3) is 0 Å². The molecule has 2 fully saturated rings. The Balaban J connectivity index is 1.98. The zero-order valence-electron chi connectivity index (χ0n) is 12.2. The first-order valence-electron chi connectivity index (χ1n) is 7.26. The van der Waals surface area contributed by atoms with Crippen molar-refractivity contribution in [3.05, 3.63) is 0 Å². The van der Waals surface area contributed by atoms with Crippen molar-refractivity contribution < 1.29 is 0 Å². The highest BCUT2D eigenvalue weighted by atomic mass is 32.2. The Hall–Kier alpha value is -0.220. The van der Waals surface area contributed by atoms with Crippen LogP contribution in [-0.4, -0.2) is 47.5 Å². The molecule has 0 aromatic carbocycles. The van der Waals surface area contributed by atoms with Crippen LogP contribution in [0.4, 0.5) is 0 Å². The zero-order chi connectivity index (χ0) is 13.2. The lowest BCUT2D eigenvalue weighted by Gasteiger charge is -2.33. The molecule has 18 heavy (non-hydrogen) atoms. The second-order valence-corrected chi connectivity index (χ2v) is 6.89. The molecule has 2 heterocycles. The molecule has 104 valence electrons. The van der Waals surface area contributed by atoms with E-state index >= 15 is 0 Å². The van der Waals surface area contributed by atoms with E-state index in [1.54, 1.807) is 0 Å². The lowest BCUT2D eigenvalue weighted by molar-refractivity contribution is 0.198. The molecule has 0 radical (unpaired) electrons. The zero-order valence-corrected chi connectivity index (χ0v) is 13.0. The number of nitrogens with zero attached hydrogens (tertiary/aromatic N) is 2. The van der Waals surface area contributed by atoms with Gasteiger partial charge in [-0.15, -0.1) is 0 Å². The van der Waals surface area contributed by atoms with E-state index in [1.807, 2.05) is 11.8 Å². The van der Waals surface area contributed by atoms with Crippen LogP contribution < -0.4 is 5.32 Å². The van der Waals surface area contributed by atoms with Crippen LogP contribution in [-0.2, 0) is 0 Å². The Morgan fingerprint density at radius 1 is 1.44 bits per heavy atom. The monoisotopic (exact) mass is 269 g/mol. The van der Waals surface area contributed by atoms with E-state index in [1.165, 1.54) is 43.3 Å². The topological polar surface area (TPSA) is 27.6 Å². The van der Waals surface area contributed by atoms with Gasteiger partial charge >= 0.3 is 0 Å². The molecule has 0 saturated carbocycles. The molecule has 0 bridgehead atoms. The predicted molar refractivity (Wildman–Crippen MR) is 81.4 cm³/mol. The van der Waals surface area contributed by atoms with Gasteiger partial charge in [0, 0.05) is 17.8 Å². The van der Waals surface area contributed by atoms with Gasteiger partial charge in [0.05, 0.1) is 6.04 Å². The Bertz CT molecular complexity index is 312. The van der Waals surface area contributed by atoms with Crippen molar-refractivity contribution in [2.75, 3.05) is 25.9 Å². The molecule has 4 heteroatoms. The number of rotatable bonds is 3. The van der Waals surface area contributed by atoms with Crippen molar-refractivity contribution in [1.29, 1.82) is 0 Å². The quantitative estimate of drug-likeness (QED) is 0.853. The van der Waals surface area contributed by atoms with Gasteiger partial charge < -0.3 is 10.2 Å². The fraction of sp³-hybridized carbons (Fsp3) is 0.929. The summed E-state index contributed by atoms with van der Waals surface area (Å²) in [7, 11) is 2.21. The number of hydrogen-bond acceptors (Lipinski definition) is 3. The molecule has 2 unspecified atom stereocenters. The molecule has 2 saturated heterocycles. The fourth-order valence-corrected chi connectivity index (χ4v) is 4.28. The van der Waals surface area contributed by atoms with E-state index in [2.05, 4.69) is 38.0 Å². The number of nitrogens with one attached hydrogen (secondary N) is 1. The van der Waals surface area contributed by atoms with Gasteiger partial charge in [0.2, 0.25) is 0 Å². The fourth-order valence-electron chi connectivity index (χ4n) is 2.89. The number of hydrogen-bond donors (Lipinski definition) is 1. The summed E-state index contributed by atoms with van der Waals surface area (Å²) in [6.07, 6.45) is 3.59. The number of thioether (sulfide) groups is 1. The highest BCUT2D eigenvalue weighted by molar-refractivity contribution is 8.14. The number of amidine groups is 1. The summed E-state index contributed by atoms with van der Waals surface area (Å²) in [4.78, 5) is 7.40. The molecule has 2 rings (SSSR count). The third-order valence-electron chi connectivity index (χ3n) is 4.56. The molecular formula is C14H27N3S. The molecular weight excluding hydrogens is 242 g/mol. The SMILES string of the molecule is CCC1(CC)CSC(=NC2CCN(C)CC2C)N1. The molecule has 0 amide bonds. The summed E-state index contributed by atoms with van der Waals surface area (Å²) in [6.45, 7) is 9.25. The van der Waals surface area contributed by atoms with Crippen LogP contribution in [0.1, 0.15) is 40.0 Å². The van der Waals surface area contributed by atoms with Crippen LogP contribution in [0.2, 0.25) is 0 Å². The second kappa shape index (κ2) is 5.83. The molecule has 2 aliphatic rings. The molecule has 1 N–H and O–H groups in total. The van der Waals surface area contributed by atoms with Crippen LogP contribution in [0.3, 0.4) is 0 Å². The Morgan fingerprint density at radius 2 is 2.17 bits per heavy atom. The van der Waals surface area contributed by atoms with E-state index in [0.717, 1.165) is 0 Å². The van der Waals surface area contributed by atoms with E-state index < -0.39 is 0 Å². The summed E-state index contributed by atoms with van der Waals surface area (Å²) >= 11 is 1.92. The van der Waals surface area contributed by atoms with Crippen LogP contribution in [0, 0.1) is 5.92 Å². The third kappa shape index (κ3) is 3.02.